The van der Waals surface area contributed by atoms with E-state index in [9.17, 15) is 4.79 Å². The second kappa shape index (κ2) is 5.23. The molecule has 0 bridgehead atoms. The van der Waals surface area contributed by atoms with Crippen LogP contribution in [0.3, 0.4) is 0 Å². The lowest BCUT2D eigenvalue weighted by atomic mass is 10.2. The quantitative estimate of drug-likeness (QED) is 0.781. The number of thiophene rings is 1. The van der Waals surface area contributed by atoms with Gasteiger partial charge in [0.1, 0.15) is 10.5 Å². The second-order valence-corrected chi connectivity index (χ2v) is 7.15. The number of carbonyl (C=O) groups is 1. The predicted octanol–water partition coefficient (Wildman–Crippen LogP) is 2.58. The van der Waals surface area contributed by atoms with Crippen LogP contribution in [0.4, 0.5) is 0 Å². The molecular weight excluding hydrogens is 260 g/mol. The Hall–Kier alpha value is -0.910. The Bertz CT molecular complexity index is 454. The molecule has 0 radical (unpaired) electrons. The topological polar surface area (TPSA) is 32.8 Å². The average Bonchev–Trinajstić information content (AvgIpc) is 2.83. The van der Waals surface area contributed by atoms with Crippen LogP contribution in [-0.2, 0) is 4.74 Å². The van der Waals surface area contributed by atoms with E-state index in [0.717, 1.165) is 13.1 Å². The summed E-state index contributed by atoms with van der Waals surface area (Å²) in [7, 11) is 4.22. The number of nitrogens with zero attached hydrogens (tertiary/aromatic N) is 2. The van der Waals surface area contributed by atoms with Gasteiger partial charge in [-0.2, -0.15) is 0 Å². The average molecular weight is 282 g/mol. The maximum Gasteiger partial charge on any atom is 0.348 e. The molecule has 1 aromatic heterocycles. The van der Waals surface area contributed by atoms with Gasteiger partial charge in [-0.15, -0.1) is 11.3 Å². The van der Waals surface area contributed by atoms with Gasteiger partial charge in [-0.1, -0.05) is 0 Å². The van der Waals surface area contributed by atoms with E-state index in [-0.39, 0.29) is 12.1 Å². The first-order valence-corrected chi connectivity index (χ1v) is 7.33. The van der Waals surface area contributed by atoms with Gasteiger partial charge in [0.2, 0.25) is 0 Å². The highest BCUT2D eigenvalue weighted by Crippen LogP contribution is 2.32. The molecule has 0 unspecified atom stereocenters. The standard InChI is InChI=1S/C14H22N2O2S/c1-14(2,3)18-13(17)11-7-6-10(19-11)12-15(4)8-9-16(12)5/h6-7,12H,8-9H2,1-5H3. The summed E-state index contributed by atoms with van der Waals surface area (Å²) >= 11 is 1.53. The second-order valence-electron chi connectivity index (χ2n) is 6.04. The van der Waals surface area contributed by atoms with Gasteiger partial charge < -0.3 is 4.74 Å². The lowest BCUT2D eigenvalue weighted by Gasteiger charge is -2.23. The SMILES string of the molecule is CN1CCN(C)C1c1ccc(C(=O)OC(C)(C)C)s1. The fourth-order valence-electron chi connectivity index (χ4n) is 2.26. The predicted molar refractivity (Wildman–Crippen MR) is 77.5 cm³/mol. The van der Waals surface area contributed by atoms with Gasteiger partial charge in [0.05, 0.1) is 6.17 Å². The van der Waals surface area contributed by atoms with Gasteiger partial charge in [0.15, 0.2) is 0 Å². The first-order valence-electron chi connectivity index (χ1n) is 6.51. The van der Waals surface area contributed by atoms with Crippen LogP contribution < -0.4 is 0 Å². The maximum absolute atomic E-state index is 12.0. The van der Waals surface area contributed by atoms with Gasteiger partial charge in [0.25, 0.3) is 0 Å². The third kappa shape index (κ3) is 3.35. The molecule has 5 heteroatoms. The van der Waals surface area contributed by atoms with Crippen molar-refractivity contribution in [3.05, 3.63) is 21.9 Å². The van der Waals surface area contributed by atoms with Gasteiger partial charge in [0, 0.05) is 18.0 Å². The number of esters is 1. The zero-order valence-corrected chi connectivity index (χ0v) is 13.1. The molecule has 19 heavy (non-hydrogen) atoms. The first kappa shape index (κ1) is 14.5. The van der Waals surface area contributed by atoms with Crippen molar-refractivity contribution in [2.24, 2.45) is 0 Å². The van der Waals surface area contributed by atoms with Crippen molar-refractivity contribution >= 4 is 17.3 Å². The Labute approximate surface area is 119 Å². The molecule has 0 aliphatic carbocycles. The molecule has 2 heterocycles. The van der Waals surface area contributed by atoms with Crippen LogP contribution in [0.1, 0.15) is 41.5 Å². The minimum atomic E-state index is -0.442. The van der Waals surface area contributed by atoms with Crippen molar-refractivity contribution in [2.45, 2.75) is 32.5 Å². The Balaban J connectivity index is 2.13. The highest BCUT2D eigenvalue weighted by atomic mass is 32.1. The normalized spacial score (nSPS) is 19.0. The molecule has 1 saturated heterocycles. The van der Waals surface area contributed by atoms with E-state index >= 15 is 0 Å². The van der Waals surface area contributed by atoms with E-state index < -0.39 is 5.60 Å². The summed E-state index contributed by atoms with van der Waals surface area (Å²) in [5, 5.41) is 0. The molecule has 1 aromatic rings. The summed E-state index contributed by atoms with van der Waals surface area (Å²) < 4.78 is 5.40. The number of ether oxygens (including phenoxy) is 1. The van der Waals surface area contributed by atoms with Crippen molar-refractivity contribution in [2.75, 3.05) is 27.2 Å². The molecule has 0 saturated carbocycles. The molecule has 4 nitrogen and oxygen atoms in total. The summed E-state index contributed by atoms with van der Waals surface area (Å²) in [5.74, 6) is -0.230. The number of likely N-dealkylation sites (N-methyl/N-ethyl adjacent to an activating group) is 2. The number of hydrogen-bond acceptors (Lipinski definition) is 5. The molecule has 1 aliphatic heterocycles. The lowest BCUT2D eigenvalue weighted by Crippen LogP contribution is -2.24. The minimum Gasteiger partial charge on any atom is -0.456 e. The smallest absolute Gasteiger partial charge is 0.348 e. The van der Waals surface area contributed by atoms with Gasteiger partial charge >= 0.3 is 5.97 Å². The highest BCUT2D eigenvalue weighted by molar-refractivity contribution is 7.14. The third-order valence-corrected chi connectivity index (χ3v) is 4.23. The Morgan fingerprint density at radius 1 is 1.26 bits per heavy atom. The molecule has 0 atom stereocenters. The van der Waals surface area contributed by atoms with Crippen molar-refractivity contribution < 1.29 is 9.53 Å². The Kier molecular flexibility index (Phi) is 3.99. The largest absolute Gasteiger partial charge is 0.456 e. The van der Waals surface area contributed by atoms with E-state index in [0.29, 0.717) is 4.88 Å². The van der Waals surface area contributed by atoms with Crippen LogP contribution in [0.2, 0.25) is 0 Å². The Morgan fingerprint density at radius 2 is 1.84 bits per heavy atom. The van der Waals surface area contributed by atoms with Gasteiger partial charge in [-0.25, -0.2) is 4.79 Å². The number of rotatable bonds is 2. The molecule has 2 rings (SSSR count). The van der Waals surface area contributed by atoms with Crippen molar-refractivity contribution in [3.63, 3.8) is 0 Å². The van der Waals surface area contributed by atoms with E-state index in [4.69, 9.17) is 4.74 Å². The van der Waals surface area contributed by atoms with E-state index in [1.807, 2.05) is 32.9 Å². The van der Waals surface area contributed by atoms with Crippen LogP contribution in [-0.4, -0.2) is 48.6 Å². The molecule has 0 spiro atoms. The van der Waals surface area contributed by atoms with Gasteiger partial charge in [-0.05, 0) is 47.0 Å². The third-order valence-electron chi connectivity index (χ3n) is 3.12. The van der Waals surface area contributed by atoms with Crippen molar-refractivity contribution in [1.29, 1.82) is 0 Å². The van der Waals surface area contributed by atoms with Crippen LogP contribution in [0.15, 0.2) is 12.1 Å². The molecule has 1 fully saturated rings. The van der Waals surface area contributed by atoms with E-state index in [2.05, 4.69) is 23.9 Å². The van der Waals surface area contributed by atoms with Crippen LogP contribution in [0.25, 0.3) is 0 Å². The summed E-state index contributed by atoms with van der Waals surface area (Å²) in [5.41, 5.74) is -0.442. The summed E-state index contributed by atoms with van der Waals surface area (Å²) in [6, 6.07) is 3.90. The summed E-state index contributed by atoms with van der Waals surface area (Å²) in [6.07, 6.45) is 0.279. The van der Waals surface area contributed by atoms with Crippen LogP contribution >= 0.6 is 11.3 Å². The van der Waals surface area contributed by atoms with Crippen molar-refractivity contribution in [1.82, 2.24) is 9.80 Å². The molecule has 106 valence electrons. The van der Waals surface area contributed by atoms with E-state index in [1.165, 1.54) is 16.2 Å². The molecular formula is C14H22N2O2S. The highest BCUT2D eigenvalue weighted by Gasteiger charge is 2.30. The molecule has 0 amide bonds. The van der Waals surface area contributed by atoms with Gasteiger partial charge in [-0.3, -0.25) is 9.80 Å². The zero-order valence-electron chi connectivity index (χ0n) is 12.3. The fraction of sp³-hybridized carbons (Fsp3) is 0.643. The zero-order chi connectivity index (χ0) is 14.2. The number of hydrogen-bond donors (Lipinski definition) is 0. The molecule has 0 aromatic carbocycles. The summed E-state index contributed by atoms with van der Waals surface area (Å²) in [6.45, 7) is 7.77. The minimum absolute atomic E-state index is 0.230. The fourth-order valence-corrected chi connectivity index (χ4v) is 3.38. The molecule has 1 aliphatic rings. The number of carbonyl (C=O) groups excluding carboxylic acids is 1. The van der Waals surface area contributed by atoms with Crippen LogP contribution in [0.5, 0.6) is 0 Å². The molecule has 0 N–H and O–H groups in total. The lowest BCUT2D eigenvalue weighted by molar-refractivity contribution is 0.00752. The van der Waals surface area contributed by atoms with Crippen molar-refractivity contribution in [3.8, 4) is 0 Å². The maximum atomic E-state index is 12.0. The first-order chi connectivity index (χ1) is 8.78. The van der Waals surface area contributed by atoms with Crippen LogP contribution in [0, 0.1) is 0 Å². The monoisotopic (exact) mass is 282 g/mol. The summed E-state index contributed by atoms with van der Waals surface area (Å²) in [4.78, 5) is 18.5. The Morgan fingerprint density at radius 3 is 2.37 bits per heavy atom. The van der Waals surface area contributed by atoms with E-state index in [1.54, 1.807) is 0 Å².